The molecule has 0 saturated heterocycles. The van der Waals surface area contributed by atoms with Crippen LogP contribution in [-0.4, -0.2) is 55.7 Å². The second-order valence-corrected chi connectivity index (χ2v) is 9.16. The number of carbonyl (C=O) groups is 2. The summed E-state index contributed by atoms with van der Waals surface area (Å²) in [5.74, 6) is 2.07. The number of carbonyl (C=O) groups excluding carboxylic acids is 2. The molecule has 0 bridgehead atoms. The largest absolute Gasteiger partial charge is 0.497 e. The molecule has 0 radical (unpaired) electrons. The molecule has 0 aliphatic rings. The maximum absolute atomic E-state index is 12.4. The lowest BCUT2D eigenvalue weighted by Crippen LogP contribution is -2.19. The zero-order valence-electron chi connectivity index (χ0n) is 21.8. The first kappa shape index (κ1) is 28.0. The molecular formula is C28H27N5O6S. The van der Waals surface area contributed by atoms with E-state index in [9.17, 15) is 9.59 Å². The summed E-state index contributed by atoms with van der Waals surface area (Å²) in [6.07, 6.45) is 1.49. The number of anilines is 1. The normalized spacial score (nSPS) is 10.7. The Morgan fingerprint density at radius 2 is 1.52 bits per heavy atom. The third kappa shape index (κ3) is 8.53. The van der Waals surface area contributed by atoms with Gasteiger partial charge in [-0.1, -0.05) is 17.4 Å². The predicted octanol–water partition coefficient (Wildman–Crippen LogP) is 3.96. The maximum Gasteiger partial charge on any atom is 0.257 e. The summed E-state index contributed by atoms with van der Waals surface area (Å²) in [4.78, 5) is 24.6. The summed E-state index contributed by atoms with van der Waals surface area (Å²) in [5.41, 5.74) is 3.68. The molecule has 4 aromatic rings. The van der Waals surface area contributed by atoms with Crippen molar-refractivity contribution >= 4 is 34.5 Å². The minimum atomic E-state index is -0.364. The Hall–Kier alpha value is -4.97. The highest BCUT2D eigenvalue weighted by Crippen LogP contribution is 2.20. The number of ether oxygens (including phenoxy) is 4. The SMILES string of the molecule is COc1ccc(C(=O)Nc2nnc(CC(=O)N/N=C/c3ccc(OCCOc4cccc(OC)c4)cc3)s2)cc1. The van der Waals surface area contributed by atoms with E-state index in [1.54, 1.807) is 50.6 Å². The number of hydrogen-bond acceptors (Lipinski definition) is 10. The molecule has 2 amide bonds. The van der Waals surface area contributed by atoms with Crippen LogP contribution in [0.5, 0.6) is 23.0 Å². The Kier molecular flexibility index (Phi) is 10.00. The lowest BCUT2D eigenvalue weighted by atomic mass is 10.2. The quantitative estimate of drug-likeness (QED) is 0.142. The Labute approximate surface area is 234 Å². The van der Waals surface area contributed by atoms with Crippen LogP contribution < -0.4 is 29.7 Å². The fourth-order valence-electron chi connectivity index (χ4n) is 3.30. The molecule has 0 fully saturated rings. The van der Waals surface area contributed by atoms with Crippen LogP contribution in [0.25, 0.3) is 0 Å². The lowest BCUT2D eigenvalue weighted by Gasteiger charge is -2.09. The Bertz CT molecular complexity index is 1440. The minimum Gasteiger partial charge on any atom is -0.497 e. The van der Waals surface area contributed by atoms with Gasteiger partial charge in [-0.3, -0.25) is 14.9 Å². The smallest absolute Gasteiger partial charge is 0.257 e. The van der Waals surface area contributed by atoms with Crippen molar-refractivity contribution in [3.05, 3.63) is 88.9 Å². The molecule has 0 unspecified atom stereocenters. The molecule has 12 heteroatoms. The first-order valence-electron chi connectivity index (χ1n) is 12.1. The van der Waals surface area contributed by atoms with E-state index in [2.05, 4.69) is 26.0 Å². The van der Waals surface area contributed by atoms with Crippen LogP contribution in [-0.2, 0) is 11.2 Å². The molecule has 206 valence electrons. The van der Waals surface area contributed by atoms with Crippen LogP contribution >= 0.6 is 11.3 Å². The number of benzene rings is 3. The van der Waals surface area contributed by atoms with Crippen LogP contribution in [0.3, 0.4) is 0 Å². The van der Waals surface area contributed by atoms with Gasteiger partial charge >= 0.3 is 0 Å². The standard InChI is InChI=1S/C28H27N5O6S/c1-36-21-12-8-20(9-13-21)27(35)30-28-33-32-26(40-28)17-25(34)31-29-18-19-6-10-22(11-7-19)38-14-15-39-24-5-3-4-23(16-24)37-2/h3-13,16,18H,14-15,17H2,1-2H3,(H,31,34)(H,30,33,35)/b29-18+. The monoisotopic (exact) mass is 561 g/mol. The second-order valence-electron chi connectivity index (χ2n) is 8.10. The fourth-order valence-corrected chi connectivity index (χ4v) is 4.04. The highest BCUT2D eigenvalue weighted by Gasteiger charge is 2.12. The summed E-state index contributed by atoms with van der Waals surface area (Å²) in [7, 11) is 3.16. The van der Waals surface area contributed by atoms with Gasteiger partial charge in [0, 0.05) is 11.6 Å². The predicted molar refractivity (Wildman–Crippen MR) is 151 cm³/mol. The average molecular weight is 562 g/mol. The Morgan fingerprint density at radius 1 is 0.850 bits per heavy atom. The van der Waals surface area contributed by atoms with Crippen LogP contribution in [0, 0.1) is 0 Å². The van der Waals surface area contributed by atoms with E-state index >= 15 is 0 Å². The second kappa shape index (κ2) is 14.3. The number of hydrogen-bond donors (Lipinski definition) is 2. The molecule has 1 aromatic heterocycles. The molecule has 0 saturated carbocycles. The van der Waals surface area contributed by atoms with Gasteiger partial charge in [0.05, 0.1) is 26.9 Å². The summed E-state index contributed by atoms with van der Waals surface area (Å²) in [6, 6.07) is 21.3. The minimum absolute atomic E-state index is 0.0297. The maximum atomic E-state index is 12.4. The third-order valence-electron chi connectivity index (χ3n) is 5.30. The van der Waals surface area contributed by atoms with E-state index in [0.29, 0.717) is 46.2 Å². The first-order valence-corrected chi connectivity index (χ1v) is 12.9. The van der Waals surface area contributed by atoms with E-state index in [0.717, 1.165) is 22.6 Å². The van der Waals surface area contributed by atoms with Gasteiger partial charge in [0.15, 0.2) is 0 Å². The summed E-state index contributed by atoms with van der Waals surface area (Å²) < 4.78 is 21.6. The molecule has 11 nitrogen and oxygen atoms in total. The van der Waals surface area contributed by atoms with E-state index in [1.807, 2.05) is 36.4 Å². The zero-order chi connectivity index (χ0) is 28.2. The number of nitrogens with zero attached hydrogens (tertiary/aromatic N) is 3. The van der Waals surface area contributed by atoms with Crippen LogP contribution in [0.1, 0.15) is 20.9 Å². The van der Waals surface area contributed by atoms with Crippen molar-refractivity contribution in [2.45, 2.75) is 6.42 Å². The van der Waals surface area contributed by atoms with Gasteiger partial charge in [0.1, 0.15) is 41.2 Å². The summed E-state index contributed by atoms with van der Waals surface area (Å²) in [5, 5.41) is 15.3. The number of rotatable bonds is 13. The van der Waals surface area contributed by atoms with E-state index in [-0.39, 0.29) is 18.2 Å². The van der Waals surface area contributed by atoms with Crippen molar-refractivity contribution in [3.8, 4) is 23.0 Å². The molecular weight excluding hydrogens is 534 g/mol. The van der Waals surface area contributed by atoms with Crippen molar-refractivity contribution in [3.63, 3.8) is 0 Å². The highest BCUT2D eigenvalue weighted by atomic mass is 32.1. The molecule has 0 atom stereocenters. The van der Waals surface area contributed by atoms with Crippen LogP contribution in [0.2, 0.25) is 0 Å². The number of hydrazone groups is 1. The van der Waals surface area contributed by atoms with Gasteiger partial charge in [-0.2, -0.15) is 5.10 Å². The molecule has 3 aromatic carbocycles. The fraction of sp³-hybridized carbons (Fsp3) is 0.179. The van der Waals surface area contributed by atoms with Crippen LogP contribution in [0.15, 0.2) is 77.9 Å². The number of nitrogens with one attached hydrogen (secondary N) is 2. The first-order chi connectivity index (χ1) is 19.5. The van der Waals surface area contributed by atoms with Gasteiger partial charge in [-0.15, -0.1) is 10.2 Å². The number of aromatic nitrogens is 2. The third-order valence-corrected chi connectivity index (χ3v) is 6.13. The van der Waals surface area contributed by atoms with Crippen LogP contribution in [0.4, 0.5) is 5.13 Å². The van der Waals surface area contributed by atoms with E-state index < -0.39 is 0 Å². The molecule has 2 N–H and O–H groups in total. The average Bonchev–Trinajstić information content (AvgIpc) is 3.42. The summed E-state index contributed by atoms with van der Waals surface area (Å²) >= 11 is 1.11. The molecule has 0 spiro atoms. The van der Waals surface area contributed by atoms with Crippen molar-refractivity contribution in [2.24, 2.45) is 5.10 Å². The molecule has 1 heterocycles. The van der Waals surface area contributed by atoms with Gasteiger partial charge in [0.2, 0.25) is 11.0 Å². The van der Waals surface area contributed by atoms with Gasteiger partial charge < -0.3 is 18.9 Å². The van der Waals surface area contributed by atoms with Gasteiger partial charge in [-0.05, 0) is 66.2 Å². The van der Waals surface area contributed by atoms with Crippen molar-refractivity contribution < 1.29 is 28.5 Å². The van der Waals surface area contributed by atoms with E-state index in [1.165, 1.54) is 6.21 Å². The molecule has 4 rings (SSSR count). The lowest BCUT2D eigenvalue weighted by molar-refractivity contribution is -0.120. The highest BCUT2D eigenvalue weighted by molar-refractivity contribution is 7.15. The topological polar surface area (TPSA) is 133 Å². The van der Waals surface area contributed by atoms with Gasteiger partial charge in [-0.25, -0.2) is 5.43 Å². The molecule has 0 aliphatic heterocycles. The number of amides is 2. The van der Waals surface area contributed by atoms with Crippen molar-refractivity contribution in [2.75, 3.05) is 32.8 Å². The molecule has 40 heavy (non-hydrogen) atoms. The van der Waals surface area contributed by atoms with E-state index in [4.69, 9.17) is 18.9 Å². The summed E-state index contributed by atoms with van der Waals surface area (Å²) in [6.45, 7) is 0.757. The number of methoxy groups -OCH3 is 2. The van der Waals surface area contributed by atoms with Gasteiger partial charge in [0.25, 0.3) is 5.91 Å². The molecule has 0 aliphatic carbocycles. The van der Waals surface area contributed by atoms with Crippen molar-refractivity contribution in [1.82, 2.24) is 15.6 Å². The zero-order valence-corrected chi connectivity index (χ0v) is 22.6. The van der Waals surface area contributed by atoms with Crippen molar-refractivity contribution in [1.29, 1.82) is 0 Å². The Balaban J connectivity index is 1.16. The Morgan fingerprint density at radius 3 is 2.25 bits per heavy atom.